The fourth-order valence-corrected chi connectivity index (χ4v) is 2.96. The van der Waals surface area contributed by atoms with Crippen molar-refractivity contribution < 1.29 is 4.79 Å². The zero-order valence-corrected chi connectivity index (χ0v) is 13.5. The zero-order chi connectivity index (χ0) is 17.2. The summed E-state index contributed by atoms with van der Waals surface area (Å²) < 4.78 is 0. The molecule has 1 aromatic heterocycles. The van der Waals surface area contributed by atoms with Crippen LogP contribution in [0.4, 0.5) is 17.3 Å². The molecule has 1 amide bonds. The number of rotatable bonds is 3. The third-order valence-corrected chi connectivity index (χ3v) is 4.19. The Morgan fingerprint density at radius 2 is 1.72 bits per heavy atom. The summed E-state index contributed by atoms with van der Waals surface area (Å²) in [5, 5.41) is 2.74. The molecule has 2 aromatic carbocycles. The number of fused-ring (bicyclic) bond motifs is 1. The fourth-order valence-electron chi connectivity index (χ4n) is 2.96. The molecule has 0 aliphatic carbocycles. The number of carbonyl (C=O) groups is 1. The number of nitrogens with two attached hydrogens (primary N) is 1. The van der Waals surface area contributed by atoms with Crippen LogP contribution in [0.3, 0.4) is 0 Å². The first-order valence-corrected chi connectivity index (χ1v) is 8.00. The first kappa shape index (κ1) is 15.1. The molecule has 3 aromatic rings. The molecule has 0 saturated heterocycles. The molecule has 0 unspecified atom stereocenters. The van der Waals surface area contributed by atoms with Crippen molar-refractivity contribution in [3.05, 3.63) is 66.5 Å². The van der Waals surface area contributed by atoms with Crippen LogP contribution in [0.5, 0.6) is 0 Å². The van der Waals surface area contributed by atoms with Crippen LogP contribution in [0.15, 0.2) is 60.9 Å². The Labute approximate surface area is 145 Å². The maximum absolute atomic E-state index is 12.0. The van der Waals surface area contributed by atoms with Gasteiger partial charge in [0.2, 0.25) is 5.91 Å². The van der Waals surface area contributed by atoms with Crippen LogP contribution in [0.1, 0.15) is 5.56 Å². The van der Waals surface area contributed by atoms with Crippen LogP contribution in [-0.2, 0) is 11.3 Å². The highest BCUT2D eigenvalue weighted by molar-refractivity contribution is 6.02. The molecule has 25 heavy (non-hydrogen) atoms. The van der Waals surface area contributed by atoms with Crippen LogP contribution in [0.2, 0.25) is 0 Å². The fraction of sp³-hybridized carbons (Fsp3) is 0.105. The van der Waals surface area contributed by atoms with Gasteiger partial charge in [-0.15, -0.1) is 0 Å². The second-order valence-electron chi connectivity index (χ2n) is 5.92. The van der Waals surface area contributed by atoms with Gasteiger partial charge >= 0.3 is 0 Å². The van der Waals surface area contributed by atoms with Crippen molar-refractivity contribution in [2.24, 2.45) is 0 Å². The highest BCUT2D eigenvalue weighted by atomic mass is 16.2. The highest BCUT2D eigenvalue weighted by Gasteiger charge is 2.25. The molecule has 1 aliphatic rings. The van der Waals surface area contributed by atoms with Crippen molar-refractivity contribution in [2.75, 3.05) is 22.5 Å². The van der Waals surface area contributed by atoms with Gasteiger partial charge in [0.05, 0.1) is 6.54 Å². The minimum absolute atomic E-state index is 0.116. The molecule has 0 atom stereocenters. The van der Waals surface area contributed by atoms with E-state index < -0.39 is 0 Å². The number of nitrogen functional groups attached to an aromatic ring is 1. The smallest absolute Gasteiger partial charge is 0.244 e. The molecule has 4 rings (SSSR count). The third-order valence-electron chi connectivity index (χ3n) is 4.19. The molecule has 0 saturated carbocycles. The Morgan fingerprint density at radius 1 is 1.00 bits per heavy atom. The monoisotopic (exact) mass is 331 g/mol. The third kappa shape index (κ3) is 3.01. The molecule has 0 bridgehead atoms. The van der Waals surface area contributed by atoms with E-state index in [1.165, 1.54) is 11.9 Å². The molecule has 0 fully saturated rings. The molecule has 3 N–H and O–H groups in total. The summed E-state index contributed by atoms with van der Waals surface area (Å²) in [6.45, 7) is 0.815. The minimum Gasteiger partial charge on any atom is -0.382 e. The number of amides is 1. The maximum Gasteiger partial charge on any atom is 0.244 e. The first-order valence-electron chi connectivity index (χ1n) is 8.00. The van der Waals surface area contributed by atoms with Gasteiger partial charge in [-0.2, -0.15) is 0 Å². The standard InChI is InChI=1S/C19H17N5O/c20-18-17-19(22-12-21-18)24(11-16(25)23-17)10-13-6-8-15(9-7-13)14-4-2-1-3-5-14/h1-9,12H,10-11H2,(H,23,25)(H2,20,21,22). The molecule has 0 spiro atoms. The van der Waals surface area contributed by atoms with Gasteiger partial charge in [0.25, 0.3) is 0 Å². The minimum atomic E-state index is -0.116. The van der Waals surface area contributed by atoms with Gasteiger partial charge in [0, 0.05) is 6.54 Å². The van der Waals surface area contributed by atoms with Gasteiger partial charge in [0.15, 0.2) is 11.6 Å². The van der Waals surface area contributed by atoms with Crippen LogP contribution in [0.25, 0.3) is 11.1 Å². The number of aromatic nitrogens is 2. The lowest BCUT2D eigenvalue weighted by Gasteiger charge is -2.29. The maximum atomic E-state index is 12.0. The predicted octanol–water partition coefficient (Wildman–Crippen LogP) is 2.68. The largest absolute Gasteiger partial charge is 0.382 e. The average Bonchev–Trinajstić information content (AvgIpc) is 2.64. The first-order chi connectivity index (χ1) is 12.2. The summed E-state index contributed by atoms with van der Waals surface area (Å²) in [5.41, 5.74) is 9.77. The Kier molecular flexibility index (Phi) is 3.78. The second-order valence-corrected chi connectivity index (χ2v) is 5.92. The molecule has 6 nitrogen and oxygen atoms in total. The molecule has 2 heterocycles. The lowest BCUT2D eigenvalue weighted by Crippen LogP contribution is -2.38. The van der Waals surface area contributed by atoms with Crippen molar-refractivity contribution in [2.45, 2.75) is 6.54 Å². The van der Waals surface area contributed by atoms with E-state index in [0.717, 1.165) is 11.1 Å². The van der Waals surface area contributed by atoms with Crippen molar-refractivity contribution in [1.29, 1.82) is 0 Å². The SMILES string of the molecule is Nc1ncnc2c1NC(=O)CN2Cc1ccc(-c2ccccc2)cc1. The van der Waals surface area contributed by atoms with E-state index in [-0.39, 0.29) is 18.3 Å². The summed E-state index contributed by atoms with van der Waals surface area (Å²) in [5.74, 6) is 0.816. The average molecular weight is 331 g/mol. The Balaban J connectivity index is 1.59. The molecular formula is C19H17N5O. The Bertz CT molecular complexity index is 909. The van der Waals surface area contributed by atoms with E-state index in [1.54, 1.807) is 0 Å². The van der Waals surface area contributed by atoms with Gasteiger partial charge in [-0.3, -0.25) is 4.79 Å². The summed E-state index contributed by atoms with van der Waals surface area (Å²) in [7, 11) is 0. The van der Waals surface area contributed by atoms with E-state index in [9.17, 15) is 4.79 Å². The summed E-state index contributed by atoms with van der Waals surface area (Å²) in [4.78, 5) is 22.1. The molecule has 1 aliphatic heterocycles. The Hall–Kier alpha value is -3.41. The number of hydrogen-bond acceptors (Lipinski definition) is 5. The van der Waals surface area contributed by atoms with E-state index in [2.05, 4.69) is 51.7 Å². The van der Waals surface area contributed by atoms with Crippen LogP contribution < -0.4 is 16.0 Å². The van der Waals surface area contributed by atoms with Crippen LogP contribution >= 0.6 is 0 Å². The lowest BCUT2D eigenvalue weighted by molar-refractivity contribution is -0.115. The second kappa shape index (κ2) is 6.24. The van der Waals surface area contributed by atoms with E-state index in [4.69, 9.17) is 5.73 Å². The van der Waals surface area contributed by atoms with Gasteiger partial charge in [-0.05, 0) is 16.7 Å². The van der Waals surface area contributed by atoms with Crippen molar-refractivity contribution >= 4 is 23.2 Å². The summed E-state index contributed by atoms with van der Waals surface area (Å²) in [6.07, 6.45) is 1.41. The topological polar surface area (TPSA) is 84.1 Å². The highest BCUT2D eigenvalue weighted by Crippen LogP contribution is 2.31. The molecular weight excluding hydrogens is 314 g/mol. The number of nitrogens with zero attached hydrogens (tertiary/aromatic N) is 3. The van der Waals surface area contributed by atoms with Crippen molar-refractivity contribution in [3.63, 3.8) is 0 Å². The van der Waals surface area contributed by atoms with Crippen molar-refractivity contribution in [3.8, 4) is 11.1 Å². The van der Waals surface area contributed by atoms with Gasteiger partial charge in [-0.25, -0.2) is 9.97 Å². The number of carbonyl (C=O) groups excluding carboxylic acids is 1. The van der Waals surface area contributed by atoms with E-state index in [0.29, 0.717) is 18.1 Å². The number of nitrogens with one attached hydrogen (secondary N) is 1. The quantitative estimate of drug-likeness (QED) is 0.771. The van der Waals surface area contributed by atoms with Gasteiger partial charge in [0.1, 0.15) is 12.0 Å². The van der Waals surface area contributed by atoms with Crippen LogP contribution in [-0.4, -0.2) is 22.4 Å². The number of benzene rings is 2. The predicted molar refractivity (Wildman–Crippen MR) is 98.0 cm³/mol. The van der Waals surface area contributed by atoms with Crippen molar-refractivity contribution in [1.82, 2.24) is 9.97 Å². The van der Waals surface area contributed by atoms with E-state index in [1.807, 2.05) is 23.1 Å². The summed E-state index contributed by atoms with van der Waals surface area (Å²) in [6, 6.07) is 18.5. The lowest BCUT2D eigenvalue weighted by atomic mass is 10.0. The van der Waals surface area contributed by atoms with Gasteiger partial charge < -0.3 is 16.0 Å². The van der Waals surface area contributed by atoms with E-state index >= 15 is 0 Å². The Morgan fingerprint density at radius 3 is 2.48 bits per heavy atom. The number of hydrogen-bond donors (Lipinski definition) is 2. The normalized spacial score (nSPS) is 13.3. The molecule has 124 valence electrons. The number of anilines is 3. The van der Waals surface area contributed by atoms with Crippen LogP contribution in [0, 0.1) is 0 Å². The molecule has 6 heteroatoms. The van der Waals surface area contributed by atoms with Gasteiger partial charge in [-0.1, -0.05) is 54.6 Å². The summed E-state index contributed by atoms with van der Waals surface area (Å²) >= 11 is 0. The molecule has 0 radical (unpaired) electrons. The zero-order valence-electron chi connectivity index (χ0n) is 13.5.